The van der Waals surface area contributed by atoms with Crippen molar-refractivity contribution in [2.24, 2.45) is 0 Å². The van der Waals surface area contributed by atoms with Crippen LogP contribution in [0.2, 0.25) is 0 Å². The lowest BCUT2D eigenvalue weighted by Gasteiger charge is -2.22. The Hall–Kier alpha value is -9.91. The zero-order valence-electron chi connectivity index (χ0n) is 48.7. The van der Waals surface area contributed by atoms with Gasteiger partial charge in [-0.3, -0.25) is 0 Å². The van der Waals surface area contributed by atoms with E-state index in [1.807, 2.05) is 41.0 Å². The maximum absolute atomic E-state index is 15.3. The maximum atomic E-state index is 15.3. The van der Waals surface area contributed by atoms with E-state index in [2.05, 4.69) is 187 Å². The lowest BCUT2D eigenvalue weighted by Crippen LogP contribution is -2.14. The number of halogens is 6. The number of hydrogen-bond acceptors (Lipinski definition) is 1. The summed E-state index contributed by atoms with van der Waals surface area (Å²) in [5.41, 5.74) is 17.9. The van der Waals surface area contributed by atoms with Crippen LogP contribution in [0.25, 0.3) is 122 Å². The summed E-state index contributed by atoms with van der Waals surface area (Å²) in [5.74, 6) is 0. The number of fused-ring (bicyclic) bond motifs is 6. The lowest BCUT2D eigenvalue weighted by molar-refractivity contribution is -0.142. The summed E-state index contributed by atoms with van der Waals surface area (Å²) in [6.45, 7) is 16.6. The van der Waals surface area contributed by atoms with E-state index in [9.17, 15) is 5.26 Å². The van der Waals surface area contributed by atoms with E-state index in [4.69, 9.17) is 0 Å². The fourth-order valence-electron chi connectivity index (χ4n) is 13.3. The first-order chi connectivity index (χ1) is 41.1. The highest BCUT2D eigenvalue weighted by atomic mass is 19.4. The van der Waals surface area contributed by atoms with Gasteiger partial charge in [-0.2, -0.15) is 31.6 Å². The number of benzene rings is 11. The Morgan fingerprint density at radius 2 is 0.651 bits per heavy atom. The summed E-state index contributed by atoms with van der Waals surface area (Å²) in [7, 11) is 0. The molecule has 0 atom stereocenters. The topological polar surface area (TPSA) is 33.6 Å². The molecule has 0 bridgehead atoms. The molecule has 2 aromatic heterocycles. The Labute approximate surface area is 495 Å². The fraction of sp³-hybridized carbons (Fsp3) is 0.130. The Morgan fingerprint density at radius 1 is 0.314 bits per heavy atom. The minimum absolute atomic E-state index is 0.164. The zero-order valence-corrected chi connectivity index (χ0v) is 48.7. The van der Waals surface area contributed by atoms with Crippen LogP contribution in [0.1, 0.15) is 61.2 Å². The molecule has 0 amide bonds. The molecule has 0 unspecified atom stereocenters. The van der Waals surface area contributed by atoms with Gasteiger partial charge in [-0.15, -0.1) is 0 Å². The Balaban J connectivity index is 1.12. The number of nitriles is 1. The Morgan fingerprint density at radius 3 is 0.988 bits per heavy atom. The van der Waals surface area contributed by atoms with Gasteiger partial charge in [-0.05, 0) is 196 Å². The number of alkyl halides is 6. The molecule has 0 saturated carbocycles. The van der Waals surface area contributed by atoms with Crippen molar-refractivity contribution in [1.29, 1.82) is 5.26 Å². The van der Waals surface area contributed by atoms with Crippen molar-refractivity contribution in [3.63, 3.8) is 0 Å². The van der Waals surface area contributed by atoms with Crippen molar-refractivity contribution in [3.05, 3.63) is 261 Å². The first-order valence-corrected chi connectivity index (χ1v) is 28.5. The van der Waals surface area contributed by atoms with Gasteiger partial charge in [-0.25, -0.2) is 0 Å². The molecule has 0 aliphatic carbocycles. The van der Waals surface area contributed by atoms with E-state index in [0.29, 0.717) is 29.1 Å². The monoisotopic (exact) mass is 1140 g/mol. The van der Waals surface area contributed by atoms with Crippen molar-refractivity contribution < 1.29 is 26.3 Å². The minimum Gasteiger partial charge on any atom is -0.309 e. The molecule has 0 saturated heterocycles. The van der Waals surface area contributed by atoms with Crippen molar-refractivity contribution in [2.45, 2.75) is 67.7 Å². The number of hydrogen-bond donors (Lipinski definition) is 0. The summed E-state index contributed by atoms with van der Waals surface area (Å²) in [6.07, 6.45) is -10.3. The molecule has 0 radical (unpaired) electrons. The molecule has 9 heteroatoms. The standard InChI is InChI=1S/C77H57F6N3/c1-43-24-44(2)29-57(28-43)51-13-19-70-64(36-51)65-37-52(58-30-45(3)25-46(4)31-58)14-20-71(65)85(70)61-18-12-56(42-84)62(41-61)63-40-55(75-68(76(78,79)80)10-9-11-69(75)77(81,82)83)17-23-72(63)86-73-21-15-53(59-32-47(5)26-48(6)33-59)38-66(73)67-39-54(16-22-74(67)86)60-34-49(7)27-50(8)35-60/h9-41H,1-8H3. The van der Waals surface area contributed by atoms with Crippen molar-refractivity contribution in [2.75, 3.05) is 0 Å². The third-order valence-corrected chi connectivity index (χ3v) is 16.6. The molecule has 0 fully saturated rings. The van der Waals surface area contributed by atoms with Gasteiger partial charge in [0.1, 0.15) is 0 Å². The smallest absolute Gasteiger partial charge is 0.309 e. The second-order valence-corrected chi connectivity index (χ2v) is 23.4. The molecule has 0 aliphatic rings. The number of nitrogens with zero attached hydrogens (tertiary/aromatic N) is 3. The predicted molar refractivity (Wildman–Crippen MR) is 340 cm³/mol. The van der Waals surface area contributed by atoms with E-state index >= 15 is 26.3 Å². The average Bonchev–Trinajstić information content (AvgIpc) is 3.96. The molecule has 0 aliphatic heterocycles. The average molecular weight is 1140 g/mol. The summed E-state index contributed by atoms with van der Waals surface area (Å²) in [6, 6.07) is 65.3. The van der Waals surface area contributed by atoms with Gasteiger partial charge >= 0.3 is 12.4 Å². The minimum atomic E-state index is -5.16. The molecule has 0 N–H and O–H groups in total. The number of aryl methyl sites for hydroxylation is 8. The van der Waals surface area contributed by atoms with Crippen LogP contribution in [-0.4, -0.2) is 9.13 Å². The van der Waals surface area contributed by atoms with E-state index in [1.165, 1.54) is 12.1 Å². The normalized spacial score (nSPS) is 12.1. The summed E-state index contributed by atoms with van der Waals surface area (Å²) in [5, 5.41) is 14.9. The van der Waals surface area contributed by atoms with Crippen LogP contribution in [0.5, 0.6) is 0 Å². The molecule has 3 nitrogen and oxygen atoms in total. The summed E-state index contributed by atoms with van der Waals surface area (Å²) in [4.78, 5) is 0. The zero-order chi connectivity index (χ0) is 60.2. The van der Waals surface area contributed by atoms with Crippen LogP contribution >= 0.6 is 0 Å². The van der Waals surface area contributed by atoms with Gasteiger partial charge in [0.25, 0.3) is 0 Å². The number of rotatable bonds is 8. The Bertz CT molecular complexity index is 4690. The molecular weight excluding hydrogens is 1080 g/mol. The fourth-order valence-corrected chi connectivity index (χ4v) is 13.3. The second-order valence-electron chi connectivity index (χ2n) is 23.4. The third kappa shape index (κ3) is 9.89. The van der Waals surface area contributed by atoms with Crippen LogP contribution in [0.15, 0.2) is 200 Å². The van der Waals surface area contributed by atoms with Crippen molar-refractivity contribution in [3.8, 4) is 84.2 Å². The van der Waals surface area contributed by atoms with Gasteiger partial charge in [0.2, 0.25) is 0 Å². The first kappa shape index (κ1) is 55.3. The summed E-state index contributed by atoms with van der Waals surface area (Å²) < 4.78 is 95.7. The van der Waals surface area contributed by atoms with Gasteiger partial charge < -0.3 is 9.13 Å². The molecule has 11 aromatic carbocycles. The Kier molecular flexibility index (Phi) is 13.3. The van der Waals surface area contributed by atoms with E-state index in [1.54, 1.807) is 12.1 Å². The molecular formula is C77H57F6N3. The third-order valence-electron chi connectivity index (χ3n) is 16.6. The van der Waals surface area contributed by atoms with Gasteiger partial charge in [0, 0.05) is 43.9 Å². The van der Waals surface area contributed by atoms with Crippen LogP contribution in [0, 0.1) is 66.7 Å². The second kappa shape index (κ2) is 20.7. The van der Waals surface area contributed by atoms with E-state index < -0.39 is 29.0 Å². The van der Waals surface area contributed by atoms with Gasteiger partial charge in [0.05, 0.1) is 50.5 Å². The molecule has 2 heterocycles. The number of aromatic nitrogens is 2. The van der Waals surface area contributed by atoms with Crippen LogP contribution < -0.4 is 0 Å². The van der Waals surface area contributed by atoms with Crippen molar-refractivity contribution >= 4 is 43.6 Å². The van der Waals surface area contributed by atoms with E-state index in [-0.39, 0.29) is 16.7 Å². The van der Waals surface area contributed by atoms with Gasteiger partial charge in [0.15, 0.2) is 0 Å². The molecule has 13 rings (SSSR count). The predicted octanol–water partition coefficient (Wildman–Crippen LogP) is 22.3. The van der Waals surface area contributed by atoms with Crippen LogP contribution in [0.3, 0.4) is 0 Å². The van der Waals surface area contributed by atoms with Crippen LogP contribution in [0.4, 0.5) is 26.3 Å². The first-order valence-electron chi connectivity index (χ1n) is 28.5. The highest BCUT2D eigenvalue weighted by molar-refractivity contribution is 6.14. The molecule has 422 valence electrons. The molecule has 86 heavy (non-hydrogen) atoms. The maximum Gasteiger partial charge on any atom is 0.417 e. The van der Waals surface area contributed by atoms with Crippen LogP contribution in [-0.2, 0) is 12.4 Å². The largest absolute Gasteiger partial charge is 0.417 e. The quantitative estimate of drug-likeness (QED) is 0.140. The van der Waals surface area contributed by atoms with Crippen molar-refractivity contribution in [1.82, 2.24) is 9.13 Å². The lowest BCUT2D eigenvalue weighted by atomic mass is 9.89. The summed E-state index contributed by atoms with van der Waals surface area (Å²) >= 11 is 0. The highest BCUT2D eigenvalue weighted by Gasteiger charge is 2.41. The highest BCUT2D eigenvalue weighted by Crippen LogP contribution is 2.48. The van der Waals surface area contributed by atoms with Gasteiger partial charge in [-0.1, -0.05) is 154 Å². The van der Waals surface area contributed by atoms with E-state index in [0.717, 1.165) is 139 Å². The SMILES string of the molecule is Cc1cc(C)cc(-c2ccc3c(c2)c2cc(-c4cc(C)cc(C)c4)ccc2n3-c2ccc(C#N)c(-c3cc(-c4c(C(F)(F)F)cccc4C(F)(F)F)ccc3-n3c4ccc(-c5cc(C)cc(C)c5)cc4c4cc(-c5cc(C)cc(C)c5)ccc43)c2)c1. The molecule has 0 spiro atoms. The molecule has 13 aromatic rings.